The summed E-state index contributed by atoms with van der Waals surface area (Å²) >= 11 is 1.71. The SMILES string of the molecule is Cc1cc(N)nc(SC2CCOCC2)n1. The summed E-state index contributed by atoms with van der Waals surface area (Å²) in [5.74, 6) is 0.553. The summed E-state index contributed by atoms with van der Waals surface area (Å²) in [5, 5.41) is 1.36. The molecule has 1 saturated heterocycles. The van der Waals surface area contributed by atoms with Crippen molar-refractivity contribution in [2.24, 2.45) is 0 Å². The van der Waals surface area contributed by atoms with E-state index >= 15 is 0 Å². The van der Waals surface area contributed by atoms with Crippen LogP contribution in [0.25, 0.3) is 0 Å². The Labute approximate surface area is 93.6 Å². The zero-order chi connectivity index (χ0) is 10.7. The van der Waals surface area contributed by atoms with Crippen LogP contribution in [0.5, 0.6) is 0 Å². The minimum Gasteiger partial charge on any atom is -0.384 e. The predicted molar refractivity (Wildman–Crippen MR) is 60.9 cm³/mol. The first-order valence-corrected chi connectivity index (χ1v) is 5.97. The van der Waals surface area contributed by atoms with Crippen LogP contribution in [0, 0.1) is 6.92 Å². The molecule has 1 aromatic heterocycles. The topological polar surface area (TPSA) is 61.0 Å². The molecule has 1 aromatic rings. The molecule has 5 heteroatoms. The van der Waals surface area contributed by atoms with E-state index in [-0.39, 0.29) is 0 Å². The summed E-state index contributed by atoms with van der Waals surface area (Å²) in [7, 11) is 0. The van der Waals surface area contributed by atoms with E-state index in [4.69, 9.17) is 10.5 Å². The van der Waals surface area contributed by atoms with Crippen LogP contribution in [0.15, 0.2) is 11.2 Å². The molecule has 82 valence electrons. The molecule has 1 fully saturated rings. The number of nitrogen functional groups attached to an aromatic ring is 1. The highest BCUT2D eigenvalue weighted by Crippen LogP contribution is 2.27. The van der Waals surface area contributed by atoms with Gasteiger partial charge in [-0.1, -0.05) is 11.8 Å². The Morgan fingerprint density at radius 3 is 2.80 bits per heavy atom. The second-order valence-electron chi connectivity index (χ2n) is 3.65. The molecule has 0 amide bonds. The first-order valence-electron chi connectivity index (χ1n) is 5.09. The maximum Gasteiger partial charge on any atom is 0.189 e. The second kappa shape index (κ2) is 4.81. The molecular formula is C10H15N3OS. The molecular weight excluding hydrogens is 210 g/mol. The van der Waals surface area contributed by atoms with Gasteiger partial charge in [-0.25, -0.2) is 9.97 Å². The lowest BCUT2D eigenvalue weighted by atomic mass is 10.2. The van der Waals surface area contributed by atoms with E-state index in [0.29, 0.717) is 11.1 Å². The summed E-state index contributed by atoms with van der Waals surface area (Å²) in [5.41, 5.74) is 6.60. The number of nitrogens with two attached hydrogens (primary N) is 1. The lowest BCUT2D eigenvalue weighted by Crippen LogP contribution is -2.17. The molecule has 0 saturated carbocycles. The van der Waals surface area contributed by atoms with Crippen LogP contribution in [-0.4, -0.2) is 28.4 Å². The molecule has 0 radical (unpaired) electrons. The second-order valence-corrected chi connectivity index (χ2v) is 4.91. The van der Waals surface area contributed by atoms with Crippen molar-refractivity contribution in [2.75, 3.05) is 18.9 Å². The number of ether oxygens (including phenoxy) is 1. The van der Waals surface area contributed by atoms with Crippen molar-refractivity contribution in [2.45, 2.75) is 30.2 Å². The van der Waals surface area contributed by atoms with Crippen LogP contribution < -0.4 is 5.73 Å². The van der Waals surface area contributed by atoms with E-state index in [0.717, 1.165) is 36.9 Å². The molecule has 0 atom stereocenters. The van der Waals surface area contributed by atoms with Gasteiger partial charge in [0.1, 0.15) is 5.82 Å². The third kappa shape index (κ3) is 3.07. The van der Waals surface area contributed by atoms with Crippen LogP contribution in [0.1, 0.15) is 18.5 Å². The molecule has 15 heavy (non-hydrogen) atoms. The van der Waals surface area contributed by atoms with Gasteiger partial charge in [0.25, 0.3) is 0 Å². The highest BCUT2D eigenvalue weighted by atomic mass is 32.2. The number of hydrogen-bond acceptors (Lipinski definition) is 5. The van der Waals surface area contributed by atoms with E-state index in [1.165, 1.54) is 0 Å². The Morgan fingerprint density at radius 1 is 1.40 bits per heavy atom. The molecule has 0 bridgehead atoms. The first-order chi connectivity index (χ1) is 7.24. The Hall–Kier alpha value is -0.810. The largest absolute Gasteiger partial charge is 0.384 e. The molecule has 2 heterocycles. The van der Waals surface area contributed by atoms with Gasteiger partial charge >= 0.3 is 0 Å². The number of hydrogen-bond donors (Lipinski definition) is 1. The molecule has 0 spiro atoms. The molecule has 0 aliphatic carbocycles. The van der Waals surface area contributed by atoms with Gasteiger partial charge in [0, 0.05) is 30.2 Å². The van der Waals surface area contributed by atoms with Crippen LogP contribution in [0.3, 0.4) is 0 Å². The van der Waals surface area contributed by atoms with Gasteiger partial charge in [-0.05, 0) is 19.8 Å². The number of aromatic nitrogens is 2. The van der Waals surface area contributed by atoms with Gasteiger partial charge in [0.15, 0.2) is 5.16 Å². The average molecular weight is 225 g/mol. The molecule has 1 aliphatic rings. The van der Waals surface area contributed by atoms with Gasteiger partial charge in [-0.15, -0.1) is 0 Å². The predicted octanol–water partition coefficient (Wildman–Crippen LogP) is 1.64. The van der Waals surface area contributed by atoms with E-state index in [2.05, 4.69) is 9.97 Å². The third-order valence-electron chi connectivity index (χ3n) is 2.29. The number of nitrogens with zero attached hydrogens (tertiary/aromatic N) is 2. The fraction of sp³-hybridized carbons (Fsp3) is 0.600. The van der Waals surface area contributed by atoms with Crippen LogP contribution in [-0.2, 0) is 4.74 Å². The smallest absolute Gasteiger partial charge is 0.189 e. The van der Waals surface area contributed by atoms with Crippen LogP contribution in [0.2, 0.25) is 0 Å². The molecule has 4 nitrogen and oxygen atoms in total. The van der Waals surface area contributed by atoms with E-state index < -0.39 is 0 Å². The average Bonchev–Trinajstić information content (AvgIpc) is 2.17. The molecule has 0 unspecified atom stereocenters. The van der Waals surface area contributed by atoms with Crippen molar-refractivity contribution in [3.63, 3.8) is 0 Å². The highest BCUT2D eigenvalue weighted by Gasteiger charge is 2.16. The Bertz CT molecular complexity index is 319. The van der Waals surface area contributed by atoms with Crippen molar-refractivity contribution in [3.8, 4) is 0 Å². The fourth-order valence-corrected chi connectivity index (χ4v) is 2.64. The minimum absolute atomic E-state index is 0.553. The normalized spacial score (nSPS) is 17.9. The van der Waals surface area contributed by atoms with E-state index in [1.54, 1.807) is 17.8 Å². The number of rotatable bonds is 2. The Balaban J connectivity index is 2.02. The number of anilines is 1. The quantitative estimate of drug-likeness (QED) is 0.775. The molecule has 2 rings (SSSR count). The summed E-state index contributed by atoms with van der Waals surface area (Å²) in [6.45, 7) is 3.63. The Morgan fingerprint density at radius 2 is 2.13 bits per heavy atom. The van der Waals surface area contributed by atoms with Crippen molar-refractivity contribution >= 4 is 17.6 Å². The van der Waals surface area contributed by atoms with E-state index in [1.807, 2.05) is 6.92 Å². The first kappa shape index (κ1) is 10.7. The summed E-state index contributed by atoms with van der Waals surface area (Å²) in [4.78, 5) is 8.58. The molecule has 1 aliphatic heterocycles. The lowest BCUT2D eigenvalue weighted by Gasteiger charge is -2.20. The van der Waals surface area contributed by atoms with Crippen molar-refractivity contribution < 1.29 is 4.74 Å². The maximum absolute atomic E-state index is 5.68. The van der Waals surface area contributed by atoms with Crippen LogP contribution in [0.4, 0.5) is 5.82 Å². The van der Waals surface area contributed by atoms with Gasteiger partial charge < -0.3 is 10.5 Å². The maximum atomic E-state index is 5.68. The van der Waals surface area contributed by atoms with Crippen LogP contribution >= 0.6 is 11.8 Å². The van der Waals surface area contributed by atoms with Gasteiger partial charge in [-0.2, -0.15) is 0 Å². The summed E-state index contributed by atoms with van der Waals surface area (Å²) in [6, 6.07) is 1.79. The zero-order valence-electron chi connectivity index (χ0n) is 8.77. The standard InChI is InChI=1S/C10H15N3OS/c1-7-6-9(11)13-10(12-7)15-8-2-4-14-5-3-8/h6,8H,2-5H2,1H3,(H2,11,12,13). The zero-order valence-corrected chi connectivity index (χ0v) is 9.59. The van der Waals surface area contributed by atoms with Crippen molar-refractivity contribution in [1.29, 1.82) is 0 Å². The number of aryl methyl sites for hydroxylation is 1. The van der Waals surface area contributed by atoms with Gasteiger partial charge in [-0.3, -0.25) is 0 Å². The molecule has 2 N–H and O–H groups in total. The van der Waals surface area contributed by atoms with Gasteiger partial charge in [0.2, 0.25) is 0 Å². The monoisotopic (exact) mass is 225 g/mol. The molecule has 0 aromatic carbocycles. The lowest BCUT2D eigenvalue weighted by molar-refractivity contribution is 0.1000. The van der Waals surface area contributed by atoms with Crippen molar-refractivity contribution in [1.82, 2.24) is 9.97 Å². The van der Waals surface area contributed by atoms with Crippen molar-refractivity contribution in [3.05, 3.63) is 11.8 Å². The van der Waals surface area contributed by atoms with E-state index in [9.17, 15) is 0 Å². The minimum atomic E-state index is 0.553. The Kier molecular flexibility index (Phi) is 3.43. The summed E-state index contributed by atoms with van der Waals surface area (Å²) in [6.07, 6.45) is 2.14. The fourth-order valence-electron chi connectivity index (χ4n) is 1.56. The summed E-state index contributed by atoms with van der Waals surface area (Å²) < 4.78 is 5.31. The number of thioether (sulfide) groups is 1. The van der Waals surface area contributed by atoms with Gasteiger partial charge in [0.05, 0.1) is 0 Å². The third-order valence-corrected chi connectivity index (χ3v) is 3.49. The highest BCUT2D eigenvalue weighted by molar-refractivity contribution is 7.99.